The lowest BCUT2D eigenvalue weighted by Crippen LogP contribution is -2.38. The summed E-state index contributed by atoms with van der Waals surface area (Å²) in [4.78, 5) is 31.9. The highest BCUT2D eigenvalue weighted by Gasteiger charge is 2.52. The Kier molecular flexibility index (Phi) is 3.67. The number of benzene rings is 1. The second kappa shape index (κ2) is 5.75. The number of carbonyl (C=O) groups excluding carboxylic acids is 1. The molecule has 4 rings (SSSR count). The lowest BCUT2D eigenvalue weighted by atomic mass is 9.61. The van der Waals surface area contributed by atoms with Gasteiger partial charge in [0, 0.05) is 19.0 Å². The second-order valence-electron chi connectivity index (χ2n) is 6.91. The van der Waals surface area contributed by atoms with E-state index in [0.717, 1.165) is 31.5 Å². The quantitative estimate of drug-likeness (QED) is 0.909. The molecule has 1 aliphatic carbocycles. The Morgan fingerprint density at radius 2 is 2.08 bits per heavy atom. The normalized spacial score (nSPS) is 21.4. The molecule has 1 saturated carbocycles. The Labute approximate surface area is 142 Å². The zero-order valence-electron chi connectivity index (χ0n) is 13.5. The smallest absolute Gasteiger partial charge is 0.272 e. The first kappa shape index (κ1) is 15.9. The molecule has 1 saturated heterocycles. The summed E-state index contributed by atoms with van der Waals surface area (Å²) in [7, 11) is 0. The van der Waals surface area contributed by atoms with E-state index >= 15 is 0 Å². The third kappa shape index (κ3) is 2.54. The van der Waals surface area contributed by atoms with E-state index in [4.69, 9.17) is 0 Å². The van der Waals surface area contributed by atoms with E-state index in [1.54, 1.807) is 11.0 Å². The van der Waals surface area contributed by atoms with Crippen LogP contribution in [-0.4, -0.2) is 33.9 Å². The van der Waals surface area contributed by atoms with Crippen molar-refractivity contribution in [1.82, 2.24) is 14.9 Å². The van der Waals surface area contributed by atoms with E-state index in [1.807, 2.05) is 0 Å². The fourth-order valence-corrected chi connectivity index (χ4v) is 4.13. The molecular formula is C18H17F2N3O2. The fraction of sp³-hybridized carbons (Fsp3) is 0.389. The van der Waals surface area contributed by atoms with Gasteiger partial charge >= 0.3 is 0 Å². The Balaban J connectivity index is 1.67. The average molecular weight is 345 g/mol. The first-order valence-corrected chi connectivity index (χ1v) is 8.28. The third-order valence-corrected chi connectivity index (χ3v) is 5.53. The van der Waals surface area contributed by atoms with Gasteiger partial charge in [-0.3, -0.25) is 14.6 Å². The van der Waals surface area contributed by atoms with Gasteiger partial charge < -0.3 is 9.88 Å². The number of H-pyrrole nitrogens is 1. The number of hydrogen-bond donors (Lipinski definition) is 1. The van der Waals surface area contributed by atoms with E-state index in [9.17, 15) is 18.4 Å². The van der Waals surface area contributed by atoms with E-state index in [0.29, 0.717) is 18.7 Å². The van der Waals surface area contributed by atoms with Crippen LogP contribution in [0.1, 0.15) is 41.2 Å². The molecule has 0 unspecified atom stereocenters. The van der Waals surface area contributed by atoms with Crippen molar-refractivity contribution in [2.45, 2.75) is 25.2 Å². The van der Waals surface area contributed by atoms with Gasteiger partial charge in [0.15, 0.2) is 11.6 Å². The topological polar surface area (TPSA) is 66.1 Å². The highest BCUT2D eigenvalue weighted by molar-refractivity contribution is 5.92. The minimum absolute atomic E-state index is 0.113. The van der Waals surface area contributed by atoms with Crippen molar-refractivity contribution in [2.24, 2.45) is 5.41 Å². The van der Waals surface area contributed by atoms with Crippen molar-refractivity contribution in [2.75, 3.05) is 13.1 Å². The number of rotatable bonds is 2. The van der Waals surface area contributed by atoms with Crippen LogP contribution in [0.2, 0.25) is 0 Å². The monoisotopic (exact) mass is 345 g/mol. The summed E-state index contributed by atoms with van der Waals surface area (Å²) in [6, 6.07) is 4.21. The summed E-state index contributed by atoms with van der Waals surface area (Å²) < 4.78 is 28.0. The van der Waals surface area contributed by atoms with Gasteiger partial charge in [0.1, 0.15) is 5.69 Å². The maximum absolute atomic E-state index is 14.3. The average Bonchev–Trinajstić information content (AvgIpc) is 2.97. The molecule has 1 atom stereocenters. The van der Waals surface area contributed by atoms with Crippen LogP contribution in [0.4, 0.5) is 8.78 Å². The van der Waals surface area contributed by atoms with Gasteiger partial charge in [-0.1, -0.05) is 18.6 Å². The lowest BCUT2D eigenvalue weighted by molar-refractivity contribution is 0.0718. The highest BCUT2D eigenvalue weighted by atomic mass is 19.2. The van der Waals surface area contributed by atoms with Gasteiger partial charge in [-0.25, -0.2) is 8.78 Å². The molecule has 1 N–H and O–H groups in total. The molecule has 2 fully saturated rings. The number of nitrogens with zero attached hydrogens (tertiary/aromatic N) is 2. The molecule has 5 nitrogen and oxygen atoms in total. The molecule has 1 aromatic heterocycles. The van der Waals surface area contributed by atoms with Crippen LogP contribution >= 0.6 is 0 Å². The summed E-state index contributed by atoms with van der Waals surface area (Å²) in [6.45, 7) is 0.777. The SMILES string of the molecule is O=C(c1cncc(=O)[nH]1)N1C[C@H](c2cccc(F)c2F)C2(CCC2)C1. The molecule has 2 aliphatic rings. The van der Waals surface area contributed by atoms with Gasteiger partial charge in [-0.05, 0) is 29.9 Å². The molecular weight excluding hydrogens is 328 g/mol. The van der Waals surface area contributed by atoms with E-state index in [-0.39, 0.29) is 22.9 Å². The molecule has 0 bridgehead atoms. The number of hydrogen-bond acceptors (Lipinski definition) is 3. The van der Waals surface area contributed by atoms with E-state index in [1.165, 1.54) is 12.3 Å². The molecule has 1 amide bonds. The summed E-state index contributed by atoms with van der Waals surface area (Å²) in [5, 5.41) is 0. The van der Waals surface area contributed by atoms with Crippen LogP contribution in [0.5, 0.6) is 0 Å². The standard InChI is InChI=1S/C18H17F2N3O2/c19-13-4-1-3-11(16(13)20)12-9-23(10-18(12)5-2-6-18)17(25)14-7-21-8-15(24)22-14/h1,3-4,7-8,12H,2,5-6,9-10H2,(H,22,24)/t12-/m1/s1. The predicted molar refractivity (Wildman–Crippen MR) is 86.1 cm³/mol. The zero-order chi connectivity index (χ0) is 17.6. The molecule has 0 radical (unpaired) electrons. The Hall–Kier alpha value is -2.57. The van der Waals surface area contributed by atoms with Crippen molar-refractivity contribution >= 4 is 5.91 Å². The Morgan fingerprint density at radius 1 is 1.28 bits per heavy atom. The van der Waals surface area contributed by atoms with E-state index in [2.05, 4.69) is 9.97 Å². The first-order chi connectivity index (χ1) is 12.0. The Bertz CT molecular complexity index is 892. The first-order valence-electron chi connectivity index (χ1n) is 8.28. The van der Waals surface area contributed by atoms with Gasteiger partial charge in [-0.15, -0.1) is 0 Å². The molecule has 1 aliphatic heterocycles. The van der Waals surface area contributed by atoms with Gasteiger partial charge in [-0.2, -0.15) is 0 Å². The molecule has 25 heavy (non-hydrogen) atoms. The largest absolute Gasteiger partial charge is 0.336 e. The molecule has 130 valence electrons. The maximum Gasteiger partial charge on any atom is 0.272 e. The van der Waals surface area contributed by atoms with Crippen molar-refractivity contribution in [3.63, 3.8) is 0 Å². The van der Waals surface area contributed by atoms with Crippen LogP contribution in [0, 0.1) is 17.0 Å². The minimum atomic E-state index is -0.867. The van der Waals surface area contributed by atoms with Crippen LogP contribution in [0.3, 0.4) is 0 Å². The van der Waals surface area contributed by atoms with Crippen LogP contribution in [0.15, 0.2) is 35.4 Å². The van der Waals surface area contributed by atoms with Crippen molar-refractivity contribution in [3.8, 4) is 0 Å². The van der Waals surface area contributed by atoms with Gasteiger partial charge in [0.2, 0.25) is 0 Å². The maximum atomic E-state index is 14.3. The molecule has 7 heteroatoms. The number of amides is 1. The number of aromatic amines is 1. The van der Waals surface area contributed by atoms with Gasteiger partial charge in [0.05, 0.1) is 12.4 Å². The minimum Gasteiger partial charge on any atom is -0.336 e. The number of likely N-dealkylation sites (tertiary alicyclic amines) is 1. The van der Waals surface area contributed by atoms with Crippen molar-refractivity contribution < 1.29 is 13.6 Å². The number of nitrogens with one attached hydrogen (secondary N) is 1. The van der Waals surface area contributed by atoms with Crippen LogP contribution in [-0.2, 0) is 0 Å². The second-order valence-corrected chi connectivity index (χ2v) is 6.91. The number of halogens is 2. The fourth-order valence-electron chi connectivity index (χ4n) is 4.13. The highest BCUT2D eigenvalue weighted by Crippen LogP contribution is 2.56. The third-order valence-electron chi connectivity index (χ3n) is 5.53. The van der Waals surface area contributed by atoms with Crippen LogP contribution < -0.4 is 5.56 Å². The van der Waals surface area contributed by atoms with Crippen molar-refractivity contribution in [3.05, 3.63) is 63.8 Å². The van der Waals surface area contributed by atoms with Crippen LogP contribution in [0.25, 0.3) is 0 Å². The molecule has 2 heterocycles. The number of carbonyl (C=O) groups is 1. The van der Waals surface area contributed by atoms with Crippen molar-refractivity contribution in [1.29, 1.82) is 0 Å². The number of aromatic nitrogens is 2. The summed E-state index contributed by atoms with van der Waals surface area (Å²) >= 11 is 0. The summed E-state index contributed by atoms with van der Waals surface area (Å²) in [6.07, 6.45) is 5.17. The van der Waals surface area contributed by atoms with E-state index < -0.39 is 17.2 Å². The molecule has 1 spiro atoms. The molecule has 1 aromatic carbocycles. The van der Waals surface area contributed by atoms with Gasteiger partial charge in [0.25, 0.3) is 11.5 Å². The summed E-state index contributed by atoms with van der Waals surface area (Å²) in [5.41, 5.74) is -0.222. The Morgan fingerprint density at radius 3 is 2.76 bits per heavy atom. The predicted octanol–water partition coefficient (Wildman–Crippen LogP) is 2.46. The zero-order valence-corrected chi connectivity index (χ0v) is 13.5. The lowest BCUT2D eigenvalue weighted by Gasteiger charge is -2.43. The summed E-state index contributed by atoms with van der Waals surface area (Å²) in [5.74, 6) is -2.28. The molecule has 2 aromatic rings.